The lowest BCUT2D eigenvalue weighted by atomic mass is 10.2. The zero-order valence-corrected chi connectivity index (χ0v) is 10.1. The van der Waals surface area contributed by atoms with Crippen molar-refractivity contribution in [1.29, 1.82) is 0 Å². The largest absolute Gasteiger partial charge is 0.393 e. The molecule has 17 heavy (non-hydrogen) atoms. The number of nitrogen functional groups attached to an aromatic ring is 1. The maximum atomic E-state index is 10.6. The monoisotopic (exact) mass is 238 g/mol. The summed E-state index contributed by atoms with van der Waals surface area (Å²) >= 11 is 0. The van der Waals surface area contributed by atoms with Gasteiger partial charge in [-0.2, -0.15) is 0 Å². The lowest BCUT2D eigenvalue weighted by Gasteiger charge is -2.10. The van der Waals surface area contributed by atoms with Crippen LogP contribution in [0.5, 0.6) is 0 Å². The van der Waals surface area contributed by atoms with Crippen molar-refractivity contribution in [3.8, 4) is 0 Å². The number of anilines is 1. The van der Waals surface area contributed by atoms with E-state index in [0.29, 0.717) is 6.54 Å². The van der Waals surface area contributed by atoms with Crippen LogP contribution in [0.15, 0.2) is 18.2 Å². The first-order valence-corrected chi connectivity index (χ1v) is 5.39. The number of nitrogens with two attached hydrogens (primary N) is 1. The molecule has 0 aliphatic heterocycles. The first kappa shape index (κ1) is 13.4. The van der Waals surface area contributed by atoms with Crippen LogP contribution >= 0.6 is 0 Å². The van der Waals surface area contributed by atoms with Gasteiger partial charge in [-0.1, -0.05) is 6.07 Å². The van der Waals surface area contributed by atoms with E-state index >= 15 is 0 Å². The highest BCUT2D eigenvalue weighted by atomic mass is 16.6. The first-order chi connectivity index (χ1) is 8.00. The summed E-state index contributed by atoms with van der Waals surface area (Å²) in [5.41, 5.74) is 6.72. The Morgan fingerprint density at radius 2 is 2.18 bits per heavy atom. The molecule has 0 saturated heterocycles. The van der Waals surface area contributed by atoms with Crippen molar-refractivity contribution in [3.05, 3.63) is 33.9 Å². The minimum Gasteiger partial charge on any atom is -0.393 e. The molecule has 6 nitrogen and oxygen atoms in total. The number of benzene rings is 1. The van der Waals surface area contributed by atoms with E-state index < -0.39 is 4.92 Å². The van der Waals surface area contributed by atoms with Gasteiger partial charge in [0.1, 0.15) is 5.69 Å². The average Bonchev–Trinajstić information content (AvgIpc) is 2.23. The summed E-state index contributed by atoms with van der Waals surface area (Å²) in [7, 11) is 4.01. The zero-order valence-electron chi connectivity index (χ0n) is 10.1. The number of rotatable bonds is 6. The topological polar surface area (TPSA) is 84.4 Å². The van der Waals surface area contributed by atoms with Gasteiger partial charge < -0.3 is 16.0 Å². The van der Waals surface area contributed by atoms with Gasteiger partial charge in [0.2, 0.25) is 0 Å². The van der Waals surface area contributed by atoms with Crippen molar-refractivity contribution < 1.29 is 4.92 Å². The van der Waals surface area contributed by atoms with Crippen molar-refractivity contribution in [3.63, 3.8) is 0 Å². The average molecular weight is 238 g/mol. The standard InChI is InChI=1S/C11H18N4O2/c1-14(2)6-5-13-8-9-3-4-11(15(16)17)10(12)7-9/h3-4,7,13H,5-6,8,12H2,1-2H3. The summed E-state index contributed by atoms with van der Waals surface area (Å²) < 4.78 is 0. The van der Waals surface area contributed by atoms with Gasteiger partial charge >= 0.3 is 0 Å². The van der Waals surface area contributed by atoms with E-state index in [9.17, 15) is 10.1 Å². The Hall–Kier alpha value is -1.66. The second kappa shape index (κ2) is 6.17. The summed E-state index contributed by atoms with van der Waals surface area (Å²) in [5.74, 6) is 0. The highest BCUT2D eigenvalue weighted by molar-refractivity contribution is 5.59. The number of nitrogens with one attached hydrogen (secondary N) is 1. The van der Waals surface area contributed by atoms with Crippen LogP contribution in [0.1, 0.15) is 5.56 Å². The number of likely N-dealkylation sites (N-methyl/N-ethyl adjacent to an activating group) is 1. The lowest BCUT2D eigenvalue weighted by Crippen LogP contribution is -2.26. The van der Waals surface area contributed by atoms with Crippen molar-refractivity contribution in [2.24, 2.45) is 0 Å². The van der Waals surface area contributed by atoms with E-state index in [1.165, 1.54) is 6.07 Å². The van der Waals surface area contributed by atoms with Gasteiger partial charge in [-0.15, -0.1) is 0 Å². The third-order valence-corrected chi connectivity index (χ3v) is 2.35. The molecule has 0 spiro atoms. The van der Waals surface area contributed by atoms with Gasteiger partial charge in [0.05, 0.1) is 4.92 Å². The molecule has 1 aromatic carbocycles. The van der Waals surface area contributed by atoms with Crippen LogP contribution in [-0.2, 0) is 6.54 Å². The van der Waals surface area contributed by atoms with Crippen LogP contribution in [0.4, 0.5) is 11.4 Å². The number of nitro benzene ring substituents is 1. The summed E-state index contributed by atoms with van der Waals surface area (Å²) in [6, 6.07) is 4.80. The van der Waals surface area contributed by atoms with E-state index in [1.54, 1.807) is 12.1 Å². The zero-order chi connectivity index (χ0) is 12.8. The number of nitrogens with zero attached hydrogens (tertiary/aromatic N) is 2. The van der Waals surface area contributed by atoms with Gasteiger partial charge in [0, 0.05) is 25.7 Å². The molecular weight excluding hydrogens is 220 g/mol. The number of hydrogen-bond acceptors (Lipinski definition) is 5. The molecule has 1 rings (SSSR count). The Morgan fingerprint density at radius 1 is 1.47 bits per heavy atom. The van der Waals surface area contributed by atoms with Gasteiger partial charge in [-0.05, 0) is 25.7 Å². The molecule has 1 aromatic rings. The molecule has 0 fully saturated rings. The van der Waals surface area contributed by atoms with Crippen molar-refractivity contribution in [2.45, 2.75) is 6.54 Å². The molecule has 0 atom stereocenters. The van der Waals surface area contributed by atoms with Crippen LogP contribution in [0.2, 0.25) is 0 Å². The van der Waals surface area contributed by atoms with Gasteiger partial charge in [-0.25, -0.2) is 0 Å². The lowest BCUT2D eigenvalue weighted by molar-refractivity contribution is -0.383. The molecule has 0 aromatic heterocycles. The fourth-order valence-corrected chi connectivity index (χ4v) is 1.42. The molecule has 6 heteroatoms. The second-order valence-electron chi connectivity index (χ2n) is 4.13. The number of hydrogen-bond donors (Lipinski definition) is 2. The van der Waals surface area contributed by atoms with Crippen LogP contribution in [0, 0.1) is 10.1 Å². The predicted octanol–water partition coefficient (Wildman–Crippen LogP) is 0.828. The molecule has 0 aliphatic rings. The Morgan fingerprint density at radius 3 is 2.71 bits per heavy atom. The number of nitro groups is 1. The summed E-state index contributed by atoms with van der Waals surface area (Å²) in [5, 5.41) is 13.8. The second-order valence-corrected chi connectivity index (χ2v) is 4.13. The van der Waals surface area contributed by atoms with E-state index in [4.69, 9.17) is 5.73 Å². The smallest absolute Gasteiger partial charge is 0.292 e. The Bertz CT molecular complexity index is 393. The van der Waals surface area contributed by atoms with Crippen LogP contribution < -0.4 is 11.1 Å². The molecule has 0 radical (unpaired) electrons. The van der Waals surface area contributed by atoms with E-state index in [0.717, 1.165) is 18.7 Å². The molecule has 0 aliphatic carbocycles. The predicted molar refractivity (Wildman–Crippen MR) is 67.8 cm³/mol. The van der Waals surface area contributed by atoms with Crippen molar-refractivity contribution in [2.75, 3.05) is 32.9 Å². The third kappa shape index (κ3) is 4.38. The molecule has 0 saturated carbocycles. The van der Waals surface area contributed by atoms with E-state index in [2.05, 4.69) is 10.2 Å². The maximum Gasteiger partial charge on any atom is 0.292 e. The fourth-order valence-electron chi connectivity index (χ4n) is 1.42. The van der Waals surface area contributed by atoms with E-state index in [-0.39, 0.29) is 11.4 Å². The highest BCUT2D eigenvalue weighted by Crippen LogP contribution is 2.21. The van der Waals surface area contributed by atoms with Crippen molar-refractivity contribution in [1.82, 2.24) is 10.2 Å². The summed E-state index contributed by atoms with van der Waals surface area (Å²) in [6.07, 6.45) is 0. The normalized spacial score (nSPS) is 10.8. The molecule has 0 bridgehead atoms. The highest BCUT2D eigenvalue weighted by Gasteiger charge is 2.10. The van der Waals surface area contributed by atoms with Crippen LogP contribution in [-0.4, -0.2) is 37.0 Å². The molecule has 3 N–H and O–H groups in total. The SMILES string of the molecule is CN(C)CCNCc1ccc([N+](=O)[O-])c(N)c1. The minimum absolute atomic E-state index is 0.0398. The van der Waals surface area contributed by atoms with Gasteiger partial charge in [-0.3, -0.25) is 10.1 Å². The summed E-state index contributed by atoms with van der Waals surface area (Å²) in [6.45, 7) is 2.47. The molecule has 0 amide bonds. The Balaban J connectivity index is 2.50. The van der Waals surface area contributed by atoms with E-state index in [1.807, 2.05) is 14.1 Å². The first-order valence-electron chi connectivity index (χ1n) is 5.39. The van der Waals surface area contributed by atoms with Gasteiger partial charge in [0.15, 0.2) is 0 Å². The van der Waals surface area contributed by atoms with Gasteiger partial charge in [0.25, 0.3) is 5.69 Å². The Labute approximate surface area is 101 Å². The molecular formula is C11H18N4O2. The maximum absolute atomic E-state index is 10.6. The molecule has 0 heterocycles. The molecule has 0 unspecified atom stereocenters. The Kier molecular flexibility index (Phi) is 4.86. The van der Waals surface area contributed by atoms with Crippen LogP contribution in [0.25, 0.3) is 0 Å². The minimum atomic E-state index is -0.474. The molecule has 94 valence electrons. The quantitative estimate of drug-likeness (QED) is 0.332. The van der Waals surface area contributed by atoms with Crippen LogP contribution in [0.3, 0.4) is 0 Å². The third-order valence-electron chi connectivity index (χ3n) is 2.35. The van der Waals surface area contributed by atoms with Crippen molar-refractivity contribution >= 4 is 11.4 Å². The fraction of sp³-hybridized carbons (Fsp3) is 0.455. The summed E-state index contributed by atoms with van der Waals surface area (Å²) in [4.78, 5) is 12.2.